The summed E-state index contributed by atoms with van der Waals surface area (Å²) < 4.78 is 5.41. The molecule has 2 heterocycles. The number of rotatable bonds is 3. The average molecular weight is 294 g/mol. The molecule has 118 valence electrons. The predicted octanol–water partition coefficient (Wildman–Crippen LogP) is 1.44. The Labute approximate surface area is 126 Å². The van der Waals surface area contributed by atoms with Gasteiger partial charge in [0.05, 0.1) is 6.10 Å². The summed E-state index contributed by atoms with van der Waals surface area (Å²) in [6.45, 7) is 6.47. The summed E-state index contributed by atoms with van der Waals surface area (Å²) in [4.78, 5) is 27.9. The number of hydrogen-bond donors (Lipinski definition) is 0. The number of carbonyl (C=O) groups is 2. The molecule has 5 heteroatoms. The third-order valence-electron chi connectivity index (χ3n) is 4.65. The van der Waals surface area contributed by atoms with Gasteiger partial charge in [0, 0.05) is 39.2 Å². The van der Waals surface area contributed by atoms with E-state index in [4.69, 9.17) is 4.74 Å². The van der Waals surface area contributed by atoms with Crippen LogP contribution >= 0.6 is 0 Å². The third kappa shape index (κ3) is 4.06. The van der Waals surface area contributed by atoms with Crippen LogP contribution in [0.25, 0.3) is 0 Å². The summed E-state index contributed by atoms with van der Waals surface area (Å²) in [5.41, 5.74) is 0. The van der Waals surface area contributed by atoms with Gasteiger partial charge in [-0.3, -0.25) is 9.59 Å². The molecule has 0 aromatic carbocycles. The maximum absolute atomic E-state index is 12.6. The van der Waals surface area contributed by atoms with E-state index in [1.54, 1.807) is 12.0 Å². The zero-order valence-electron chi connectivity index (χ0n) is 12.9. The van der Waals surface area contributed by atoms with Gasteiger partial charge in [-0.1, -0.05) is 6.58 Å². The Hall–Kier alpha value is -1.36. The second-order valence-electron chi connectivity index (χ2n) is 5.92. The highest BCUT2D eigenvalue weighted by Crippen LogP contribution is 2.22. The second kappa shape index (κ2) is 7.59. The van der Waals surface area contributed by atoms with E-state index in [9.17, 15) is 9.59 Å². The molecule has 1 atom stereocenters. The van der Waals surface area contributed by atoms with Crippen LogP contribution in [0.5, 0.6) is 0 Å². The van der Waals surface area contributed by atoms with E-state index < -0.39 is 0 Å². The number of ether oxygens (including phenoxy) is 1. The normalized spacial score (nSPS) is 24.5. The van der Waals surface area contributed by atoms with Gasteiger partial charge >= 0.3 is 0 Å². The van der Waals surface area contributed by atoms with Crippen LogP contribution in [0.1, 0.15) is 32.1 Å². The first kappa shape index (κ1) is 16.0. The van der Waals surface area contributed by atoms with Crippen LogP contribution in [-0.2, 0) is 14.3 Å². The highest BCUT2D eigenvalue weighted by Gasteiger charge is 2.30. The molecule has 2 fully saturated rings. The number of nitrogens with zero attached hydrogens (tertiary/aromatic N) is 2. The number of methoxy groups -OCH3 is 1. The summed E-state index contributed by atoms with van der Waals surface area (Å²) in [7, 11) is 1.74. The van der Waals surface area contributed by atoms with Gasteiger partial charge < -0.3 is 14.5 Å². The Morgan fingerprint density at radius 1 is 1.05 bits per heavy atom. The van der Waals surface area contributed by atoms with Gasteiger partial charge in [0.25, 0.3) is 0 Å². The molecule has 0 aliphatic carbocycles. The van der Waals surface area contributed by atoms with Crippen LogP contribution in [-0.4, -0.2) is 61.0 Å². The van der Waals surface area contributed by atoms with Gasteiger partial charge in [-0.05, 0) is 38.2 Å². The minimum Gasteiger partial charge on any atom is -0.381 e. The first-order valence-corrected chi connectivity index (χ1v) is 7.88. The van der Waals surface area contributed by atoms with Crippen molar-refractivity contribution in [3.8, 4) is 0 Å². The van der Waals surface area contributed by atoms with Crippen LogP contribution in [0.15, 0.2) is 12.7 Å². The van der Waals surface area contributed by atoms with Crippen molar-refractivity contribution in [2.75, 3.05) is 33.3 Å². The van der Waals surface area contributed by atoms with Gasteiger partial charge in [0.15, 0.2) is 0 Å². The minimum atomic E-state index is -0.0291. The van der Waals surface area contributed by atoms with Crippen molar-refractivity contribution in [2.24, 2.45) is 5.92 Å². The van der Waals surface area contributed by atoms with Gasteiger partial charge in [0.2, 0.25) is 11.8 Å². The molecule has 5 nitrogen and oxygen atoms in total. The molecule has 0 radical (unpaired) electrons. The standard InChI is InChI=1S/C16H26N2O3/c1-3-15(19)17-10-6-13(7-11-17)16(20)18-9-4-5-14(21-2)8-12-18/h3,13-14H,1,4-12H2,2H3. The maximum Gasteiger partial charge on any atom is 0.245 e. The second-order valence-corrected chi connectivity index (χ2v) is 5.92. The number of likely N-dealkylation sites (tertiary alicyclic amines) is 2. The lowest BCUT2D eigenvalue weighted by Gasteiger charge is -2.33. The Morgan fingerprint density at radius 3 is 2.33 bits per heavy atom. The highest BCUT2D eigenvalue weighted by atomic mass is 16.5. The first-order valence-electron chi connectivity index (χ1n) is 7.88. The van der Waals surface area contributed by atoms with Crippen molar-refractivity contribution >= 4 is 11.8 Å². The van der Waals surface area contributed by atoms with E-state index >= 15 is 0 Å². The van der Waals surface area contributed by atoms with Crippen LogP contribution in [0, 0.1) is 5.92 Å². The minimum absolute atomic E-state index is 0.0291. The molecule has 0 N–H and O–H groups in total. The molecule has 0 aromatic rings. The lowest BCUT2D eigenvalue weighted by Crippen LogP contribution is -2.44. The first-order chi connectivity index (χ1) is 10.2. The fourth-order valence-electron chi connectivity index (χ4n) is 3.26. The zero-order chi connectivity index (χ0) is 15.2. The van der Waals surface area contributed by atoms with Crippen LogP contribution < -0.4 is 0 Å². The van der Waals surface area contributed by atoms with Gasteiger partial charge in [-0.2, -0.15) is 0 Å². The number of piperidine rings is 1. The molecule has 1 unspecified atom stereocenters. The molecular formula is C16H26N2O3. The molecule has 2 amide bonds. The van der Waals surface area contributed by atoms with Gasteiger partial charge in [-0.15, -0.1) is 0 Å². The van der Waals surface area contributed by atoms with E-state index in [2.05, 4.69) is 6.58 Å². The van der Waals surface area contributed by atoms with Crippen molar-refractivity contribution in [1.82, 2.24) is 9.80 Å². The SMILES string of the molecule is C=CC(=O)N1CCC(C(=O)N2CCCC(OC)CC2)CC1. The van der Waals surface area contributed by atoms with Crippen molar-refractivity contribution in [3.63, 3.8) is 0 Å². The molecular weight excluding hydrogens is 268 g/mol. The summed E-state index contributed by atoms with van der Waals surface area (Å²) in [5, 5.41) is 0. The quantitative estimate of drug-likeness (QED) is 0.740. The lowest BCUT2D eigenvalue weighted by molar-refractivity contribution is -0.139. The number of amides is 2. The van der Waals surface area contributed by atoms with Crippen molar-refractivity contribution in [1.29, 1.82) is 0 Å². The fourth-order valence-corrected chi connectivity index (χ4v) is 3.26. The predicted molar refractivity (Wildman–Crippen MR) is 80.7 cm³/mol. The van der Waals surface area contributed by atoms with Crippen LogP contribution in [0.2, 0.25) is 0 Å². The molecule has 2 rings (SSSR count). The summed E-state index contributed by atoms with van der Waals surface area (Å²) in [5.74, 6) is 0.300. The number of carbonyl (C=O) groups excluding carboxylic acids is 2. The molecule has 2 aliphatic heterocycles. The van der Waals surface area contributed by atoms with E-state index in [0.717, 1.165) is 45.2 Å². The molecule has 2 saturated heterocycles. The third-order valence-corrected chi connectivity index (χ3v) is 4.65. The zero-order valence-corrected chi connectivity index (χ0v) is 12.9. The van der Waals surface area contributed by atoms with Crippen molar-refractivity contribution in [2.45, 2.75) is 38.2 Å². The molecule has 0 aromatic heterocycles. The average Bonchev–Trinajstić information content (AvgIpc) is 2.79. The summed E-state index contributed by atoms with van der Waals surface area (Å²) in [6.07, 6.45) is 6.14. The van der Waals surface area contributed by atoms with E-state index in [-0.39, 0.29) is 23.8 Å². The Morgan fingerprint density at radius 2 is 1.71 bits per heavy atom. The monoisotopic (exact) mass is 294 g/mol. The molecule has 0 bridgehead atoms. The van der Waals surface area contributed by atoms with E-state index in [1.165, 1.54) is 6.08 Å². The number of hydrogen-bond acceptors (Lipinski definition) is 3. The Balaban J connectivity index is 1.84. The Kier molecular flexibility index (Phi) is 5.79. The fraction of sp³-hybridized carbons (Fsp3) is 0.750. The van der Waals surface area contributed by atoms with E-state index in [1.807, 2.05) is 4.90 Å². The molecule has 0 saturated carbocycles. The molecule has 2 aliphatic rings. The van der Waals surface area contributed by atoms with Crippen molar-refractivity contribution in [3.05, 3.63) is 12.7 Å². The summed E-state index contributed by atoms with van der Waals surface area (Å²) in [6, 6.07) is 0. The topological polar surface area (TPSA) is 49.9 Å². The van der Waals surface area contributed by atoms with Gasteiger partial charge in [-0.25, -0.2) is 0 Å². The Bertz CT molecular complexity index is 389. The maximum atomic E-state index is 12.6. The highest BCUT2D eigenvalue weighted by molar-refractivity contribution is 5.87. The van der Waals surface area contributed by atoms with Gasteiger partial charge in [0.1, 0.15) is 0 Å². The van der Waals surface area contributed by atoms with E-state index in [0.29, 0.717) is 13.1 Å². The van der Waals surface area contributed by atoms with Crippen LogP contribution in [0.4, 0.5) is 0 Å². The summed E-state index contributed by atoms with van der Waals surface area (Å²) >= 11 is 0. The molecule has 0 spiro atoms. The van der Waals surface area contributed by atoms with Crippen LogP contribution in [0.3, 0.4) is 0 Å². The van der Waals surface area contributed by atoms with Crippen molar-refractivity contribution < 1.29 is 14.3 Å². The molecule has 21 heavy (non-hydrogen) atoms. The smallest absolute Gasteiger partial charge is 0.245 e. The lowest BCUT2D eigenvalue weighted by atomic mass is 9.95. The largest absolute Gasteiger partial charge is 0.381 e.